The van der Waals surface area contributed by atoms with Gasteiger partial charge < -0.3 is 5.32 Å². The molecule has 1 aromatic carbocycles. The number of carbonyl (C=O) groups is 1. The Balaban J connectivity index is 1.82. The number of rotatable bonds is 2. The molecule has 116 valence electrons. The zero-order valence-electron chi connectivity index (χ0n) is 13.3. The Morgan fingerprint density at radius 3 is 2.55 bits per heavy atom. The quantitative estimate of drug-likeness (QED) is 0.893. The van der Waals surface area contributed by atoms with Gasteiger partial charge in [0.05, 0.1) is 11.1 Å². The summed E-state index contributed by atoms with van der Waals surface area (Å²) in [6.07, 6.45) is 8.59. The first-order chi connectivity index (χ1) is 10.7. The molecule has 1 aliphatic rings. The number of carbonyl (C=O) groups excluding carboxylic acids is 1. The molecule has 1 amide bonds. The van der Waals surface area contributed by atoms with E-state index in [-0.39, 0.29) is 5.91 Å². The number of aromatic nitrogens is 1. The summed E-state index contributed by atoms with van der Waals surface area (Å²) in [5, 5.41) is 4.20. The summed E-state index contributed by atoms with van der Waals surface area (Å²) in [5.74, 6) is 0.0484. The third-order valence-electron chi connectivity index (χ3n) is 4.53. The van der Waals surface area contributed by atoms with Gasteiger partial charge in [-0.1, -0.05) is 50.3 Å². The third kappa shape index (κ3) is 3.46. The molecule has 1 N–H and O–H groups in total. The summed E-state index contributed by atoms with van der Waals surface area (Å²) >= 11 is 0. The number of amides is 1. The second-order valence-electron chi connectivity index (χ2n) is 6.34. The van der Waals surface area contributed by atoms with Crippen LogP contribution in [0.25, 0.3) is 10.9 Å². The van der Waals surface area contributed by atoms with Crippen LogP contribution in [0, 0.1) is 6.92 Å². The first-order valence-electron chi connectivity index (χ1n) is 8.41. The first-order valence-corrected chi connectivity index (χ1v) is 8.41. The average Bonchev–Trinajstić information content (AvgIpc) is 2.48. The number of fused-ring (bicyclic) bond motifs is 1. The number of benzene rings is 1. The molecule has 0 atom stereocenters. The van der Waals surface area contributed by atoms with Crippen LogP contribution in [0.4, 0.5) is 0 Å². The Kier molecular flexibility index (Phi) is 4.71. The van der Waals surface area contributed by atoms with Crippen molar-refractivity contribution in [2.75, 3.05) is 0 Å². The van der Waals surface area contributed by atoms with Crippen molar-refractivity contribution in [3.05, 3.63) is 41.6 Å². The number of pyridine rings is 1. The molecule has 2 aromatic rings. The van der Waals surface area contributed by atoms with Crippen LogP contribution in [-0.2, 0) is 0 Å². The largest absolute Gasteiger partial charge is 0.349 e. The zero-order chi connectivity index (χ0) is 15.4. The molecular formula is C19H24N2O. The number of nitrogens with one attached hydrogen (secondary N) is 1. The molecule has 1 heterocycles. The van der Waals surface area contributed by atoms with Gasteiger partial charge in [0.15, 0.2) is 0 Å². The van der Waals surface area contributed by atoms with Gasteiger partial charge in [-0.05, 0) is 31.9 Å². The Labute approximate surface area is 132 Å². The molecule has 1 fully saturated rings. The molecule has 1 aliphatic carbocycles. The van der Waals surface area contributed by atoms with Crippen molar-refractivity contribution in [1.29, 1.82) is 0 Å². The molecule has 0 unspecified atom stereocenters. The van der Waals surface area contributed by atoms with Gasteiger partial charge >= 0.3 is 0 Å². The molecule has 0 aliphatic heterocycles. The summed E-state index contributed by atoms with van der Waals surface area (Å²) in [5.41, 5.74) is 2.54. The zero-order valence-corrected chi connectivity index (χ0v) is 13.3. The van der Waals surface area contributed by atoms with Gasteiger partial charge in [0.2, 0.25) is 0 Å². The van der Waals surface area contributed by atoms with E-state index in [0.29, 0.717) is 6.04 Å². The van der Waals surface area contributed by atoms with Crippen molar-refractivity contribution in [3.63, 3.8) is 0 Å². The molecule has 3 nitrogen and oxygen atoms in total. The predicted molar refractivity (Wildman–Crippen MR) is 90.1 cm³/mol. The standard InChI is InChI=1S/C19H24N2O/c1-14-13-17(16-11-7-8-12-18(16)20-14)19(22)21-15-9-5-3-2-4-6-10-15/h7-8,11-13,15H,2-6,9-10H2,1H3,(H,21,22). The molecule has 0 radical (unpaired) electrons. The Morgan fingerprint density at radius 1 is 1.09 bits per heavy atom. The molecule has 3 heteroatoms. The number of hydrogen-bond donors (Lipinski definition) is 1. The first kappa shape index (κ1) is 15.0. The van der Waals surface area contributed by atoms with Gasteiger partial charge in [-0.3, -0.25) is 9.78 Å². The summed E-state index contributed by atoms with van der Waals surface area (Å²) in [6.45, 7) is 1.94. The average molecular weight is 296 g/mol. The fourth-order valence-electron chi connectivity index (χ4n) is 3.36. The monoisotopic (exact) mass is 296 g/mol. The van der Waals surface area contributed by atoms with Crippen molar-refractivity contribution in [1.82, 2.24) is 10.3 Å². The highest BCUT2D eigenvalue weighted by atomic mass is 16.1. The minimum Gasteiger partial charge on any atom is -0.349 e. The van der Waals surface area contributed by atoms with Crippen LogP contribution in [0.2, 0.25) is 0 Å². The van der Waals surface area contributed by atoms with E-state index in [1.807, 2.05) is 37.3 Å². The highest BCUT2D eigenvalue weighted by Crippen LogP contribution is 2.20. The summed E-state index contributed by atoms with van der Waals surface area (Å²) in [4.78, 5) is 17.3. The van der Waals surface area contributed by atoms with E-state index in [2.05, 4.69) is 10.3 Å². The van der Waals surface area contributed by atoms with Crippen molar-refractivity contribution in [3.8, 4) is 0 Å². The lowest BCUT2D eigenvalue weighted by molar-refractivity contribution is 0.0932. The third-order valence-corrected chi connectivity index (χ3v) is 4.53. The van der Waals surface area contributed by atoms with E-state index in [1.54, 1.807) is 0 Å². The summed E-state index contributed by atoms with van der Waals surface area (Å²) < 4.78 is 0. The van der Waals surface area contributed by atoms with Crippen molar-refractivity contribution in [2.24, 2.45) is 0 Å². The van der Waals surface area contributed by atoms with Crippen LogP contribution in [-0.4, -0.2) is 16.9 Å². The van der Waals surface area contributed by atoms with E-state index in [4.69, 9.17) is 0 Å². The molecule has 0 bridgehead atoms. The minimum atomic E-state index is 0.0484. The predicted octanol–water partition coefficient (Wildman–Crippen LogP) is 4.39. The molecule has 1 aromatic heterocycles. The van der Waals surface area contributed by atoms with Crippen molar-refractivity contribution >= 4 is 16.8 Å². The van der Waals surface area contributed by atoms with E-state index in [9.17, 15) is 4.79 Å². The lowest BCUT2D eigenvalue weighted by Crippen LogP contribution is -2.35. The second-order valence-corrected chi connectivity index (χ2v) is 6.34. The summed E-state index contributed by atoms with van der Waals surface area (Å²) in [7, 11) is 0. The number of nitrogens with zero attached hydrogens (tertiary/aromatic N) is 1. The van der Waals surface area contributed by atoms with Crippen LogP contribution < -0.4 is 5.32 Å². The lowest BCUT2D eigenvalue weighted by Gasteiger charge is -2.21. The molecular weight excluding hydrogens is 272 g/mol. The number of para-hydroxylation sites is 1. The molecule has 0 saturated heterocycles. The van der Waals surface area contributed by atoms with Gasteiger partial charge in [-0.25, -0.2) is 0 Å². The van der Waals surface area contributed by atoms with Gasteiger partial charge in [0, 0.05) is 17.1 Å². The fraction of sp³-hybridized carbons (Fsp3) is 0.474. The van der Waals surface area contributed by atoms with Crippen molar-refractivity contribution in [2.45, 2.75) is 57.9 Å². The number of hydrogen-bond acceptors (Lipinski definition) is 2. The topological polar surface area (TPSA) is 42.0 Å². The maximum absolute atomic E-state index is 12.7. The van der Waals surface area contributed by atoms with Crippen LogP contribution in [0.15, 0.2) is 30.3 Å². The maximum atomic E-state index is 12.7. The molecule has 1 saturated carbocycles. The maximum Gasteiger partial charge on any atom is 0.252 e. The van der Waals surface area contributed by atoms with E-state index in [0.717, 1.165) is 35.0 Å². The van der Waals surface area contributed by atoms with Crippen LogP contribution in [0.1, 0.15) is 61.0 Å². The summed E-state index contributed by atoms with van der Waals surface area (Å²) in [6, 6.07) is 10.1. The van der Waals surface area contributed by atoms with E-state index in [1.165, 1.54) is 32.1 Å². The molecule has 22 heavy (non-hydrogen) atoms. The minimum absolute atomic E-state index is 0.0484. The highest BCUT2D eigenvalue weighted by Gasteiger charge is 2.17. The fourth-order valence-corrected chi connectivity index (χ4v) is 3.36. The normalized spacial score (nSPS) is 17.0. The SMILES string of the molecule is Cc1cc(C(=O)NC2CCCCCCC2)c2ccccc2n1. The van der Waals surface area contributed by atoms with E-state index < -0.39 is 0 Å². The van der Waals surface area contributed by atoms with Gasteiger partial charge in [-0.2, -0.15) is 0 Å². The number of aryl methyl sites for hydroxylation is 1. The van der Waals surface area contributed by atoms with Gasteiger partial charge in [0.1, 0.15) is 0 Å². The highest BCUT2D eigenvalue weighted by molar-refractivity contribution is 6.06. The van der Waals surface area contributed by atoms with Crippen LogP contribution in [0.5, 0.6) is 0 Å². The smallest absolute Gasteiger partial charge is 0.252 e. The van der Waals surface area contributed by atoms with Crippen LogP contribution >= 0.6 is 0 Å². The lowest BCUT2D eigenvalue weighted by atomic mass is 9.96. The van der Waals surface area contributed by atoms with Crippen LogP contribution in [0.3, 0.4) is 0 Å². The Bertz CT molecular complexity index is 658. The Hall–Kier alpha value is -1.90. The van der Waals surface area contributed by atoms with Crippen molar-refractivity contribution < 1.29 is 4.79 Å². The second kappa shape index (κ2) is 6.91. The van der Waals surface area contributed by atoms with Gasteiger partial charge in [-0.15, -0.1) is 0 Å². The molecule has 0 spiro atoms. The Morgan fingerprint density at radius 2 is 1.77 bits per heavy atom. The molecule has 3 rings (SSSR count). The van der Waals surface area contributed by atoms with Gasteiger partial charge in [0.25, 0.3) is 5.91 Å². The van der Waals surface area contributed by atoms with E-state index >= 15 is 0 Å².